The van der Waals surface area contributed by atoms with E-state index in [9.17, 15) is 13.2 Å². The molecule has 0 bridgehead atoms. The van der Waals surface area contributed by atoms with Gasteiger partial charge in [-0.15, -0.1) is 0 Å². The topological polar surface area (TPSA) is 9.23 Å². The van der Waals surface area contributed by atoms with Gasteiger partial charge in [0.25, 0.3) is 0 Å². The molecule has 0 aromatic heterocycles. The summed E-state index contributed by atoms with van der Waals surface area (Å²) in [7, 11) is 0. The molecular formula is C22H21F3O. The third-order valence-corrected chi connectivity index (χ3v) is 4.45. The summed E-state index contributed by atoms with van der Waals surface area (Å²) in [5.41, 5.74) is -0.428. The Morgan fingerprint density at radius 2 is 1.58 bits per heavy atom. The van der Waals surface area contributed by atoms with Crippen molar-refractivity contribution in [3.05, 3.63) is 77.9 Å². The van der Waals surface area contributed by atoms with E-state index in [1.807, 2.05) is 49.4 Å². The van der Waals surface area contributed by atoms with Gasteiger partial charge < -0.3 is 4.74 Å². The van der Waals surface area contributed by atoms with Crippen LogP contribution in [0.25, 0.3) is 10.8 Å². The normalized spacial score (nSPS) is 12.9. The van der Waals surface area contributed by atoms with Crippen molar-refractivity contribution in [2.24, 2.45) is 0 Å². The molecule has 0 heterocycles. The smallest absolute Gasteiger partial charge is 0.416 e. The van der Waals surface area contributed by atoms with Crippen molar-refractivity contribution in [3.8, 4) is 5.75 Å². The molecule has 3 aromatic rings. The zero-order valence-corrected chi connectivity index (χ0v) is 14.6. The minimum Gasteiger partial charge on any atom is -0.485 e. The Kier molecular flexibility index (Phi) is 5.50. The lowest BCUT2D eigenvalue weighted by Crippen LogP contribution is -2.16. The zero-order chi connectivity index (χ0) is 18.6. The highest BCUT2D eigenvalue weighted by atomic mass is 19.4. The highest BCUT2D eigenvalue weighted by Crippen LogP contribution is 2.38. The second-order valence-corrected chi connectivity index (χ2v) is 6.31. The monoisotopic (exact) mass is 358 g/mol. The Morgan fingerprint density at radius 1 is 0.885 bits per heavy atom. The van der Waals surface area contributed by atoms with Crippen LogP contribution in [0.15, 0.2) is 66.7 Å². The van der Waals surface area contributed by atoms with E-state index < -0.39 is 17.8 Å². The van der Waals surface area contributed by atoms with Crippen LogP contribution in [0.4, 0.5) is 13.2 Å². The van der Waals surface area contributed by atoms with E-state index in [0.29, 0.717) is 12.2 Å². The molecule has 3 rings (SSSR count). The lowest BCUT2D eigenvalue weighted by Gasteiger charge is -2.24. The summed E-state index contributed by atoms with van der Waals surface area (Å²) in [6.07, 6.45) is -2.82. The Labute approximate surface area is 151 Å². The van der Waals surface area contributed by atoms with Gasteiger partial charge in [-0.2, -0.15) is 13.2 Å². The fourth-order valence-electron chi connectivity index (χ4n) is 3.16. The summed E-state index contributed by atoms with van der Waals surface area (Å²) in [4.78, 5) is 0. The number of rotatable bonds is 6. The van der Waals surface area contributed by atoms with Crippen molar-refractivity contribution < 1.29 is 17.9 Å². The third-order valence-electron chi connectivity index (χ3n) is 4.45. The molecule has 1 unspecified atom stereocenters. The minimum absolute atomic E-state index is 0.196. The van der Waals surface area contributed by atoms with Crippen LogP contribution in [0.1, 0.15) is 43.4 Å². The van der Waals surface area contributed by atoms with Crippen LogP contribution in [-0.2, 0) is 6.18 Å². The van der Waals surface area contributed by atoms with Crippen LogP contribution in [0.2, 0.25) is 0 Å². The summed E-state index contributed by atoms with van der Waals surface area (Å²) in [6.45, 7) is 2.02. The van der Waals surface area contributed by atoms with Crippen LogP contribution in [0.5, 0.6) is 5.75 Å². The van der Waals surface area contributed by atoms with Gasteiger partial charge in [0.15, 0.2) is 0 Å². The van der Waals surface area contributed by atoms with E-state index in [1.165, 1.54) is 12.1 Å². The van der Waals surface area contributed by atoms with Crippen molar-refractivity contribution in [2.45, 2.75) is 38.5 Å². The van der Waals surface area contributed by atoms with Gasteiger partial charge in [-0.25, -0.2) is 0 Å². The lowest BCUT2D eigenvalue weighted by molar-refractivity contribution is -0.139. The average molecular weight is 358 g/mol. The van der Waals surface area contributed by atoms with Gasteiger partial charge in [0.2, 0.25) is 0 Å². The van der Waals surface area contributed by atoms with Crippen molar-refractivity contribution in [1.82, 2.24) is 0 Å². The van der Waals surface area contributed by atoms with Gasteiger partial charge in [-0.3, -0.25) is 0 Å². The number of ether oxygens (including phenoxy) is 1. The van der Waals surface area contributed by atoms with Crippen LogP contribution in [0, 0.1) is 0 Å². The van der Waals surface area contributed by atoms with E-state index >= 15 is 0 Å². The molecule has 1 atom stereocenters. The Bertz CT molecular complexity index is 865. The molecule has 4 heteroatoms. The highest BCUT2D eigenvalue weighted by Gasteiger charge is 2.35. The van der Waals surface area contributed by atoms with Crippen LogP contribution in [-0.4, -0.2) is 0 Å². The molecule has 0 N–H and O–H groups in total. The number of hydrogen-bond acceptors (Lipinski definition) is 1. The highest BCUT2D eigenvalue weighted by molar-refractivity contribution is 5.88. The molecule has 1 nitrogen and oxygen atoms in total. The number of benzene rings is 3. The molecule has 26 heavy (non-hydrogen) atoms. The van der Waals surface area contributed by atoms with E-state index in [2.05, 4.69) is 0 Å². The lowest BCUT2D eigenvalue weighted by atomic mass is 9.97. The maximum atomic E-state index is 13.5. The van der Waals surface area contributed by atoms with E-state index in [-0.39, 0.29) is 5.56 Å². The predicted molar refractivity (Wildman–Crippen MR) is 98.3 cm³/mol. The second kappa shape index (κ2) is 7.81. The zero-order valence-electron chi connectivity index (χ0n) is 14.6. The molecule has 0 saturated carbocycles. The molecule has 3 aromatic carbocycles. The summed E-state index contributed by atoms with van der Waals surface area (Å²) in [6, 6.07) is 19.1. The molecular weight excluding hydrogens is 337 g/mol. The number of hydrogen-bond donors (Lipinski definition) is 0. The van der Waals surface area contributed by atoms with E-state index in [0.717, 1.165) is 29.7 Å². The summed E-state index contributed by atoms with van der Waals surface area (Å²) in [5, 5.41) is 1.91. The molecule has 0 amide bonds. The number of fused-ring (bicyclic) bond motifs is 1. The molecule has 0 aliphatic heterocycles. The first-order valence-electron chi connectivity index (χ1n) is 8.81. The molecule has 0 fully saturated rings. The van der Waals surface area contributed by atoms with Gasteiger partial charge in [0, 0.05) is 10.9 Å². The van der Waals surface area contributed by atoms with Crippen LogP contribution < -0.4 is 4.74 Å². The molecule has 0 spiro atoms. The quantitative estimate of drug-likeness (QED) is 0.454. The van der Waals surface area contributed by atoms with E-state index in [4.69, 9.17) is 4.74 Å². The Morgan fingerprint density at radius 3 is 2.35 bits per heavy atom. The Hall–Kier alpha value is -2.49. The molecule has 0 radical (unpaired) electrons. The van der Waals surface area contributed by atoms with Gasteiger partial charge in [0.1, 0.15) is 11.9 Å². The maximum Gasteiger partial charge on any atom is 0.416 e. The van der Waals surface area contributed by atoms with Crippen molar-refractivity contribution in [3.63, 3.8) is 0 Å². The van der Waals surface area contributed by atoms with Crippen molar-refractivity contribution in [2.75, 3.05) is 0 Å². The van der Waals surface area contributed by atoms with Crippen LogP contribution >= 0.6 is 0 Å². The molecule has 136 valence electrons. The molecule has 0 aliphatic carbocycles. The van der Waals surface area contributed by atoms with Gasteiger partial charge in [-0.05, 0) is 30.4 Å². The first-order valence-corrected chi connectivity index (χ1v) is 8.81. The standard InChI is InChI=1S/C22H21F3O/c1-2-3-14-21(18-12-6-7-13-19(18)22(23,24)25)26-20-15-8-10-16-9-4-5-11-17(16)20/h4-13,15,21H,2-3,14H2,1H3. The molecule has 0 aliphatic rings. The molecule has 0 saturated heterocycles. The van der Waals surface area contributed by atoms with Gasteiger partial charge in [0.05, 0.1) is 5.56 Å². The maximum absolute atomic E-state index is 13.5. The minimum atomic E-state index is -4.40. The van der Waals surface area contributed by atoms with Crippen LogP contribution in [0.3, 0.4) is 0 Å². The van der Waals surface area contributed by atoms with E-state index in [1.54, 1.807) is 6.07 Å². The summed E-state index contributed by atoms with van der Waals surface area (Å²) >= 11 is 0. The SMILES string of the molecule is CCCCC(Oc1cccc2ccccc12)c1ccccc1C(F)(F)F. The number of halogens is 3. The first kappa shape index (κ1) is 18.3. The third kappa shape index (κ3) is 4.01. The van der Waals surface area contributed by atoms with Gasteiger partial charge >= 0.3 is 6.18 Å². The predicted octanol–water partition coefficient (Wildman–Crippen LogP) is 7.17. The van der Waals surface area contributed by atoms with Crippen molar-refractivity contribution in [1.29, 1.82) is 0 Å². The first-order chi connectivity index (χ1) is 12.5. The fourth-order valence-corrected chi connectivity index (χ4v) is 3.16. The number of unbranched alkanes of at least 4 members (excludes halogenated alkanes) is 1. The Balaban J connectivity index is 2.02. The average Bonchev–Trinajstić information content (AvgIpc) is 2.64. The van der Waals surface area contributed by atoms with Gasteiger partial charge in [-0.1, -0.05) is 67.9 Å². The summed E-state index contributed by atoms with van der Waals surface area (Å²) in [5.74, 6) is 0.612. The van der Waals surface area contributed by atoms with Crippen molar-refractivity contribution >= 4 is 10.8 Å². The second-order valence-electron chi connectivity index (χ2n) is 6.31. The largest absolute Gasteiger partial charge is 0.485 e. The summed E-state index contributed by atoms with van der Waals surface area (Å²) < 4.78 is 46.6. The number of alkyl halides is 3. The fraction of sp³-hybridized carbons (Fsp3) is 0.273.